The molecule has 1 aromatic heterocycles. The second-order valence-corrected chi connectivity index (χ2v) is 6.02. The minimum absolute atomic E-state index is 0.382. The van der Waals surface area contributed by atoms with Crippen molar-refractivity contribution in [3.05, 3.63) is 47.8 Å². The molecule has 3 aromatic rings. The molecule has 0 bridgehead atoms. The van der Waals surface area contributed by atoms with Gasteiger partial charge in [-0.2, -0.15) is 10.2 Å². The van der Waals surface area contributed by atoms with Crippen LogP contribution in [0.25, 0.3) is 21.5 Å². The zero-order chi connectivity index (χ0) is 14.3. The lowest BCUT2D eigenvalue weighted by Gasteiger charge is -2.14. The second-order valence-electron chi connectivity index (χ2n) is 6.02. The topological polar surface area (TPSA) is 25.8 Å². The van der Waals surface area contributed by atoms with E-state index in [0.717, 1.165) is 11.4 Å². The van der Waals surface area contributed by atoms with Crippen molar-refractivity contribution < 1.29 is 0 Å². The molecule has 0 aliphatic heterocycles. The molecule has 2 aromatic carbocycles. The zero-order valence-electron chi connectivity index (χ0n) is 12.5. The molecule has 0 radical (unpaired) electrons. The Morgan fingerprint density at radius 1 is 0.700 bits per heavy atom. The van der Waals surface area contributed by atoms with Crippen LogP contribution in [0.4, 0.5) is 0 Å². The van der Waals surface area contributed by atoms with Crippen LogP contribution in [0.3, 0.4) is 0 Å². The molecule has 20 heavy (non-hydrogen) atoms. The Bertz CT molecular complexity index is 707. The fourth-order valence-electron chi connectivity index (χ4n) is 2.73. The molecule has 0 saturated carbocycles. The molecule has 0 N–H and O–H groups in total. The van der Waals surface area contributed by atoms with Gasteiger partial charge in [0, 0.05) is 10.8 Å². The summed E-state index contributed by atoms with van der Waals surface area (Å²) in [5, 5.41) is 14.0. The average molecular weight is 264 g/mol. The van der Waals surface area contributed by atoms with Crippen molar-refractivity contribution in [2.24, 2.45) is 0 Å². The highest BCUT2D eigenvalue weighted by Gasteiger charge is 2.14. The summed E-state index contributed by atoms with van der Waals surface area (Å²) in [6, 6.07) is 13.0. The van der Waals surface area contributed by atoms with Crippen LogP contribution in [0.5, 0.6) is 0 Å². The molecule has 0 amide bonds. The van der Waals surface area contributed by atoms with Gasteiger partial charge in [0.15, 0.2) is 0 Å². The molecule has 1 heterocycles. The van der Waals surface area contributed by atoms with Gasteiger partial charge in [0.25, 0.3) is 0 Å². The Morgan fingerprint density at radius 3 is 1.45 bits per heavy atom. The summed E-state index contributed by atoms with van der Waals surface area (Å²) in [6.07, 6.45) is 0. The van der Waals surface area contributed by atoms with Gasteiger partial charge in [-0.1, -0.05) is 52.0 Å². The second kappa shape index (κ2) is 4.86. The Kier molecular flexibility index (Phi) is 3.17. The molecule has 2 heteroatoms. The summed E-state index contributed by atoms with van der Waals surface area (Å²) in [5.41, 5.74) is 2.19. The van der Waals surface area contributed by atoms with E-state index in [0.29, 0.717) is 11.8 Å². The number of benzene rings is 2. The molecule has 0 spiro atoms. The average Bonchev–Trinajstić information content (AvgIpc) is 2.43. The van der Waals surface area contributed by atoms with Crippen molar-refractivity contribution in [1.82, 2.24) is 10.2 Å². The van der Waals surface area contributed by atoms with Crippen LogP contribution in [0, 0.1) is 0 Å². The highest BCUT2D eigenvalue weighted by molar-refractivity contribution is 6.00. The fraction of sp³-hybridized carbons (Fsp3) is 0.333. The van der Waals surface area contributed by atoms with Crippen LogP contribution in [0.1, 0.15) is 50.9 Å². The fourth-order valence-corrected chi connectivity index (χ4v) is 2.73. The lowest BCUT2D eigenvalue weighted by atomic mass is 9.95. The van der Waals surface area contributed by atoms with Crippen LogP contribution in [-0.2, 0) is 0 Å². The van der Waals surface area contributed by atoms with E-state index in [4.69, 9.17) is 0 Å². The van der Waals surface area contributed by atoms with E-state index in [-0.39, 0.29) is 0 Å². The Balaban J connectivity index is 2.46. The Hall–Kier alpha value is -1.96. The molecule has 0 unspecified atom stereocenters. The minimum Gasteiger partial charge on any atom is -0.154 e. The van der Waals surface area contributed by atoms with Crippen molar-refractivity contribution in [3.63, 3.8) is 0 Å². The van der Waals surface area contributed by atoms with E-state index in [2.05, 4.69) is 74.3 Å². The van der Waals surface area contributed by atoms with E-state index < -0.39 is 0 Å². The maximum Gasteiger partial charge on any atom is 0.0735 e. The first kappa shape index (κ1) is 13.0. The van der Waals surface area contributed by atoms with Crippen molar-refractivity contribution in [1.29, 1.82) is 0 Å². The van der Waals surface area contributed by atoms with E-state index in [1.165, 1.54) is 21.5 Å². The molecule has 0 fully saturated rings. The standard InChI is InChI=1S/C18H20N2/c1-11(2)17-15-9-13-7-5-6-8-14(13)10-16(15)18(12(3)4)20-19-17/h5-12H,1-4H3. The van der Waals surface area contributed by atoms with Gasteiger partial charge < -0.3 is 0 Å². The number of hydrogen-bond donors (Lipinski definition) is 0. The van der Waals surface area contributed by atoms with Crippen LogP contribution in [-0.4, -0.2) is 10.2 Å². The first-order valence-corrected chi connectivity index (χ1v) is 7.27. The minimum atomic E-state index is 0.382. The number of hydrogen-bond acceptors (Lipinski definition) is 2. The highest BCUT2D eigenvalue weighted by Crippen LogP contribution is 2.31. The Morgan fingerprint density at radius 2 is 1.10 bits per heavy atom. The Labute approximate surface area is 119 Å². The molecule has 0 saturated heterocycles. The summed E-state index contributed by atoms with van der Waals surface area (Å²) in [5.74, 6) is 0.764. The van der Waals surface area contributed by atoms with Crippen molar-refractivity contribution >= 4 is 21.5 Å². The molecule has 3 rings (SSSR count). The predicted molar refractivity (Wildman–Crippen MR) is 85.2 cm³/mol. The van der Waals surface area contributed by atoms with Crippen molar-refractivity contribution in [2.45, 2.75) is 39.5 Å². The molecule has 102 valence electrons. The van der Waals surface area contributed by atoms with Gasteiger partial charge in [0.1, 0.15) is 0 Å². The van der Waals surface area contributed by atoms with Crippen LogP contribution in [0.2, 0.25) is 0 Å². The summed E-state index contributed by atoms with van der Waals surface area (Å²) >= 11 is 0. The maximum absolute atomic E-state index is 4.48. The quantitative estimate of drug-likeness (QED) is 0.607. The zero-order valence-corrected chi connectivity index (χ0v) is 12.5. The van der Waals surface area contributed by atoms with Gasteiger partial charge in [-0.05, 0) is 34.7 Å². The van der Waals surface area contributed by atoms with E-state index in [9.17, 15) is 0 Å². The summed E-state index contributed by atoms with van der Waals surface area (Å²) in [7, 11) is 0. The van der Waals surface area contributed by atoms with E-state index in [1.54, 1.807) is 0 Å². The maximum atomic E-state index is 4.48. The van der Waals surface area contributed by atoms with E-state index in [1.807, 2.05) is 0 Å². The third kappa shape index (κ3) is 2.05. The van der Waals surface area contributed by atoms with Gasteiger partial charge in [-0.15, -0.1) is 0 Å². The molecule has 0 aliphatic carbocycles. The lowest BCUT2D eigenvalue weighted by Crippen LogP contribution is -2.03. The smallest absolute Gasteiger partial charge is 0.0735 e. The molecular weight excluding hydrogens is 244 g/mol. The molecule has 0 atom stereocenters. The molecular formula is C18H20N2. The highest BCUT2D eigenvalue weighted by atomic mass is 15.1. The van der Waals surface area contributed by atoms with Crippen LogP contribution >= 0.6 is 0 Å². The largest absolute Gasteiger partial charge is 0.154 e. The summed E-state index contributed by atoms with van der Waals surface area (Å²) in [4.78, 5) is 0. The van der Waals surface area contributed by atoms with Crippen LogP contribution in [0.15, 0.2) is 36.4 Å². The monoisotopic (exact) mass is 264 g/mol. The van der Waals surface area contributed by atoms with Gasteiger partial charge in [0.2, 0.25) is 0 Å². The summed E-state index contributed by atoms with van der Waals surface area (Å²) < 4.78 is 0. The predicted octanol–water partition coefficient (Wildman–Crippen LogP) is 5.03. The lowest BCUT2D eigenvalue weighted by molar-refractivity contribution is 0.750. The first-order chi connectivity index (χ1) is 9.58. The molecule has 0 aliphatic rings. The normalized spacial score (nSPS) is 11.9. The number of nitrogens with zero attached hydrogens (tertiary/aromatic N) is 2. The van der Waals surface area contributed by atoms with Gasteiger partial charge in [0.05, 0.1) is 11.4 Å². The first-order valence-electron chi connectivity index (χ1n) is 7.27. The van der Waals surface area contributed by atoms with Gasteiger partial charge in [-0.25, -0.2) is 0 Å². The third-order valence-electron chi connectivity index (χ3n) is 3.80. The van der Waals surface area contributed by atoms with Crippen LogP contribution < -0.4 is 0 Å². The molecule has 2 nitrogen and oxygen atoms in total. The van der Waals surface area contributed by atoms with Crippen molar-refractivity contribution in [2.75, 3.05) is 0 Å². The van der Waals surface area contributed by atoms with E-state index >= 15 is 0 Å². The summed E-state index contributed by atoms with van der Waals surface area (Å²) in [6.45, 7) is 8.70. The number of fused-ring (bicyclic) bond motifs is 2. The number of rotatable bonds is 2. The third-order valence-corrected chi connectivity index (χ3v) is 3.80. The number of aromatic nitrogens is 2. The van der Waals surface area contributed by atoms with Gasteiger partial charge in [-0.3, -0.25) is 0 Å². The SMILES string of the molecule is CC(C)c1nnc(C(C)C)c2cc3ccccc3cc12. The van der Waals surface area contributed by atoms with Gasteiger partial charge >= 0.3 is 0 Å². The van der Waals surface area contributed by atoms with Crippen molar-refractivity contribution in [3.8, 4) is 0 Å².